The van der Waals surface area contributed by atoms with Crippen LogP contribution in [0.5, 0.6) is 0 Å². The zero-order valence-electron chi connectivity index (χ0n) is 5.26. The maximum atomic E-state index is 10.5. The molecule has 5 nitrogen and oxygen atoms in total. The van der Waals surface area contributed by atoms with Gasteiger partial charge in [0.15, 0.2) is 5.66 Å². The molecular formula is C4H11N3O2. The van der Waals surface area contributed by atoms with Gasteiger partial charge in [0.2, 0.25) is 0 Å². The van der Waals surface area contributed by atoms with Crippen molar-refractivity contribution in [2.45, 2.75) is 5.66 Å². The Balaban J connectivity index is 3.97. The van der Waals surface area contributed by atoms with Crippen LogP contribution < -0.4 is 17.2 Å². The van der Waals surface area contributed by atoms with Crippen molar-refractivity contribution in [1.82, 2.24) is 0 Å². The second-order valence-corrected chi connectivity index (χ2v) is 1.74. The van der Waals surface area contributed by atoms with Crippen LogP contribution in [0.1, 0.15) is 0 Å². The van der Waals surface area contributed by atoms with Crippen molar-refractivity contribution in [1.29, 1.82) is 0 Å². The third kappa shape index (κ3) is 1.96. The van der Waals surface area contributed by atoms with Crippen molar-refractivity contribution in [2.75, 3.05) is 13.7 Å². The van der Waals surface area contributed by atoms with Crippen LogP contribution in [-0.4, -0.2) is 25.3 Å². The number of carbonyl (C=O) groups excluding carboxylic acids is 1. The summed E-state index contributed by atoms with van der Waals surface area (Å²) >= 11 is 0. The number of hydrogen-bond donors (Lipinski definition) is 3. The summed E-state index contributed by atoms with van der Waals surface area (Å²) in [5, 5.41) is 0. The number of esters is 1. The van der Waals surface area contributed by atoms with E-state index in [1.54, 1.807) is 0 Å². The first-order valence-corrected chi connectivity index (χ1v) is 2.41. The Labute approximate surface area is 53.1 Å². The van der Waals surface area contributed by atoms with Crippen LogP contribution in [-0.2, 0) is 9.53 Å². The predicted octanol–water partition coefficient (Wildman–Crippen LogP) is -2.27. The van der Waals surface area contributed by atoms with Crippen LogP contribution in [0.25, 0.3) is 0 Å². The lowest BCUT2D eigenvalue weighted by Crippen LogP contribution is -2.62. The van der Waals surface area contributed by atoms with E-state index in [-0.39, 0.29) is 6.54 Å². The first-order valence-electron chi connectivity index (χ1n) is 2.41. The SMILES string of the molecule is COC(=O)C(N)(N)CN. The Hall–Kier alpha value is -0.650. The van der Waals surface area contributed by atoms with Crippen molar-refractivity contribution >= 4 is 5.97 Å². The minimum absolute atomic E-state index is 0.125. The van der Waals surface area contributed by atoms with Crippen LogP contribution in [0.2, 0.25) is 0 Å². The van der Waals surface area contributed by atoms with Crippen molar-refractivity contribution < 1.29 is 9.53 Å². The number of methoxy groups -OCH3 is 1. The molecule has 0 bridgehead atoms. The van der Waals surface area contributed by atoms with Crippen molar-refractivity contribution in [3.8, 4) is 0 Å². The Bertz CT molecular complexity index is 112. The number of nitrogens with two attached hydrogens (primary N) is 3. The lowest BCUT2D eigenvalue weighted by Gasteiger charge is -2.17. The topological polar surface area (TPSA) is 104 Å². The quantitative estimate of drug-likeness (QED) is 0.291. The van der Waals surface area contributed by atoms with Crippen molar-refractivity contribution in [2.24, 2.45) is 17.2 Å². The van der Waals surface area contributed by atoms with Gasteiger partial charge >= 0.3 is 5.97 Å². The third-order valence-electron chi connectivity index (χ3n) is 0.903. The van der Waals surface area contributed by atoms with Crippen LogP contribution >= 0.6 is 0 Å². The van der Waals surface area contributed by atoms with E-state index >= 15 is 0 Å². The highest BCUT2D eigenvalue weighted by molar-refractivity contribution is 5.79. The third-order valence-corrected chi connectivity index (χ3v) is 0.903. The molecule has 0 heterocycles. The van der Waals surface area contributed by atoms with Crippen LogP contribution in [0.3, 0.4) is 0 Å². The summed E-state index contributed by atoms with van der Waals surface area (Å²) in [6, 6.07) is 0. The fraction of sp³-hybridized carbons (Fsp3) is 0.750. The molecule has 0 rings (SSSR count). The highest BCUT2D eigenvalue weighted by atomic mass is 16.5. The first kappa shape index (κ1) is 8.35. The second kappa shape index (κ2) is 2.77. The summed E-state index contributed by atoms with van der Waals surface area (Å²) in [7, 11) is 1.20. The zero-order valence-corrected chi connectivity index (χ0v) is 5.26. The van der Waals surface area contributed by atoms with Gasteiger partial charge < -0.3 is 21.9 Å². The fourth-order valence-corrected chi connectivity index (χ4v) is 0.273. The summed E-state index contributed by atoms with van der Waals surface area (Å²) in [6.45, 7) is -0.125. The van der Waals surface area contributed by atoms with E-state index in [0.29, 0.717) is 0 Å². The molecule has 0 spiro atoms. The van der Waals surface area contributed by atoms with Gasteiger partial charge in [0.25, 0.3) is 0 Å². The lowest BCUT2D eigenvalue weighted by atomic mass is 10.2. The van der Waals surface area contributed by atoms with E-state index in [2.05, 4.69) is 4.74 Å². The Kier molecular flexibility index (Phi) is 2.57. The average molecular weight is 133 g/mol. The molecule has 5 heteroatoms. The molecule has 0 aromatic heterocycles. The monoisotopic (exact) mass is 133 g/mol. The minimum atomic E-state index is -1.53. The Morgan fingerprint density at radius 3 is 2.22 bits per heavy atom. The maximum Gasteiger partial charge on any atom is 0.342 e. The van der Waals surface area contributed by atoms with E-state index in [0.717, 1.165) is 0 Å². The molecule has 9 heavy (non-hydrogen) atoms. The van der Waals surface area contributed by atoms with Gasteiger partial charge in [0, 0.05) is 6.54 Å². The molecule has 0 aliphatic heterocycles. The summed E-state index contributed by atoms with van der Waals surface area (Å²) in [5.41, 5.74) is 13.8. The Morgan fingerprint density at radius 2 is 2.11 bits per heavy atom. The molecule has 0 amide bonds. The van der Waals surface area contributed by atoms with Crippen molar-refractivity contribution in [3.63, 3.8) is 0 Å². The lowest BCUT2D eigenvalue weighted by molar-refractivity contribution is -0.146. The summed E-state index contributed by atoms with van der Waals surface area (Å²) in [6.07, 6.45) is 0. The molecule has 0 fully saturated rings. The molecule has 0 aromatic rings. The largest absolute Gasteiger partial charge is 0.467 e. The van der Waals surface area contributed by atoms with Gasteiger partial charge in [-0.15, -0.1) is 0 Å². The number of carbonyl (C=O) groups is 1. The first-order chi connectivity index (χ1) is 4.04. The molecule has 0 saturated carbocycles. The number of rotatable bonds is 2. The summed E-state index contributed by atoms with van der Waals surface area (Å²) < 4.78 is 4.24. The molecule has 0 radical (unpaired) electrons. The highest BCUT2D eigenvalue weighted by Gasteiger charge is 2.27. The van der Waals surface area contributed by atoms with Gasteiger partial charge in [-0.25, -0.2) is 4.79 Å². The van der Waals surface area contributed by atoms with Gasteiger partial charge in [0.05, 0.1) is 7.11 Å². The number of hydrogen-bond acceptors (Lipinski definition) is 5. The molecule has 0 aliphatic rings. The minimum Gasteiger partial charge on any atom is -0.467 e. The van der Waals surface area contributed by atoms with E-state index < -0.39 is 11.6 Å². The smallest absolute Gasteiger partial charge is 0.342 e. The average Bonchev–Trinajstić information content (AvgIpc) is 1.86. The molecule has 6 N–H and O–H groups in total. The van der Waals surface area contributed by atoms with Gasteiger partial charge in [-0.05, 0) is 0 Å². The Morgan fingerprint density at radius 1 is 1.67 bits per heavy atom. The molecule has 0 unspecified atom stereocenters. The van der Waals surface area contributed by atoms with Crippen molar-refractivity contribution in [3.05, 3.63) is 0 Å². The van der Waals surface area contributed by atoms with Crippen LogP contribution in [0, 0.1) is 0 Å². The number of ether oxygens (including phenoxy) is 1. The predicted molar refractivity (Wildman–Crippen MR) is 32.2 cm³/mol. The van der Waals surface area contributed by atoms with Crippen LogP contribution in [0.4, 0.5) is 0 Å². The van der Waals surface area contributed by atoms with Gasteiger partial charge in [-0.1, -0.05) is 0 Å². The standard InChI is InChI=1S/C4H11N3O2/c1-9-3(8)4(6,7)2-5/h2,5-7H2,1H3. The molecule has 54 valence electrons. The highest BCUT2D eigenvalue weighted by Crippen LogP contribution is 1.88. The maximum absolute atomic E-state index is 10.5. The fourth-order valence-electron chi connectivity index (χ4n) is 0.273. The van der Waals surface area contributed by atoms with Crippen LogP contribution in [0.15, 0.2) is 0 Å². The van der Waals surface area contributed by atoms with Gasteiger partial charge in [-0.2, -0.15) is 0 Å². The van der Waals surface area contributed by atoms with E-state index in [9.17, 15) is 4.79 Å². The molecule has 0 atom stereocenters. The van der Waals surface area contributed by atoms with Gasteiger partial charge in [-0.3, -0.25) is 0 Å². The normalized spacial score (nSPS) is 11.1. The molecular weight excluding hydrogens is 122 g/mol. The van der Waals surface area contributed by atoms with E-state index in [1.807, 2.05) is 0 Å². The molecule has 0 aromatic carbocycles. The van der Waals surface area contributed by atoms with Gasteiger partial charge in [0.1, 0.15) is 0 Å². The molecule has 0 saturated heterocycles. The molecule has 0 aliphatic carbocycles. The van der Waals surface area contributed by atoms with E-state index in [4.69, 9.17) is 17.2 Å². The van der Waals surface area contributed by atoms with E-state index in [1.165, 1.54) is 7.11 Å². The summed E-state index contributed by atoms with van der Waals surface area (Å²) in [4.78, 5) is 10.5. The zero-order chi connectivity index (χ0) is 7.49. The summed E-state index contributed by atoms with van der Waals surface area (Å²) in [5.74, 6) is -0.704. The second-order valence-electron chi connectivity index (χ2n) is 1.74.